The van der Waals surface area contributed by atoms with Gasteiger partial charge in [-0.25, -0.2) is 0 Å². The Balaban J connectivity index is 1.30. The van der Waals surface area contributed by atoms with Gasteiger partial charge in [0.2, 0.25) is 0 Å². The molecule has 0 aromatic heterocycles. The van der Waals surface area contributed by atoms with E-state index < -0.39 is 0 Å². The van der Waals surface area contributed by atoms with E-state index in [0.717, 1.165) is 36.9 Å². The largest absolute Gasteiger partial charge is 0.349 e. The molecule has 0 unspecified atom stereocenters. The normalized spacial score (nSPS) is 37.4. The Bertz CT molecular complexity index is 422. The quantitative estimate of drug-likeness (QED) is 0.379. The molecule has 2 heteroatoms. The lowest BCUT2D eigenvalue weighted by atomic mass is 9.68. The molecule has 0 radical (unpaired) electrons. The van der Waals surface area contributed by atoms with Crippen LogP contribution in [0.1, 0.15) is 104 Å². The van der Waals surface area contributed by atoms with Gasteiger partial charge >= 0.3 is 0 Å². The van der Waals surface area contributed by atoms with Crippen LogP contribution >= 0.6 is 0 Å². The lowest BCUT2D eigenvalue weighted by Gasteiger charge is -2.37. The smallest absolute Gasteiger partial charge is 0.176 e. The molecule has 0 N–H and O–H groups in total. The number of ether oxygens (including phenoxy) is 2. The number of unbranched alkanes of at least 4 members (excludes halogenated alkanes) is 2. The molecule has 0 bridgehead atoms. The van der Waals surface area contributed by atoms with Crippen LogP contribution < -0.4 is 0 Å². The van der Waals surface area contributed by atoms with Gasteiger partial charge in [-0.3, -0.25) is 0 Å². The predicted molar refractivity (Wildman–Crippen MR) is 118 cm³/mol. The first-order valence-corrected chi connectivity index (χ1v) is 12.7. The Morgan fingerprint density at radius 2 is 1.18 bits per heavy atom. The van der Waals surface area contributed by atoms with Crippen molar-refractivity contribution < 1.29 is 9.47 Å². The lowest BCUT2D eigenvalue weighted by Crippen LogP contribution is -2.31. The van der Waals surface area contributed by atoms with E-state index in [1.165, 1.54) is 89.9 Å². The summed E-state index contributed by atoms with van der Waals surface area (Å²) in [7, 11) is 0. The summed E-state index contributed by atoms with van der Waals surface area (Å²) in [4.78, 5) is 0. The van der Waals surface area contributed by atoms with Gasteiger partial charge < -0.3 is 9.47 Å². The van der Waals surface area contributed by atoms with Crippen LogP contribution in [-0.4, -0.2) is 19.5 Å². The third-order valence-electron chi connectivity index (χ3n) is 7.84. The van der Waals surface area contributed by atoms with E-state index in [2.05, 4.69) is 26.0 Å². The van der Waals surface area contributed by atoms with E-state index >= 15 is 0 Å². The van der Waals surface area contributed by atoms with Gasteiger partial charge in [0.05, 0.1) is 13.2 Å². The summed E-state index contributed by atoms with van der Waals surface area (Å²) in [6.07, 6.45) is 24.4. The van der Waals surface area contributed by atoms with Crippen LogP contribution in [0, 0.1) is 29.6 Å². The van der Waals surface area contributed by atoms with E-state index in [1.54, 1.807) is 0 Å². The van der Waals surface area contributed by atoms with Gasteiger partial charge in [0.25, 0.3) is 0 Å². The Hall–Kier alpha value is -0.340. The fraction of sp³-hybridized carbons (Fsp3) is 0.923. The summed E-state index contributed by atoms with van der Waals surface area (Å²) >= 11 is 0. The molecule has 1 aliphatic heterocycles. The summed E-state index contributed by atoms with van der Waals surface area (Å²) in [6, 6.07) is 0. The van der Waals surface area contributed by atoms with Crippen molar-refractivity contribution in [1.82, 2.24) is 0 Å². The maximum Gasteiger partial charge on any atom is 0.176 e. The van der Waals surface area contributed by atoms with E-state index in [-0.39, 0.29) is 6.29 Å². The number of allylic oxidation sites excluding steroid dienone is 1. The molecule has 2 saturated carbocycles. The Kier molecular flexibility index (Phi) is 9.88. The van der Waals surface area contributed by atoms with Crippen LogP contribution in [0.25, 0.3) is 0 Å². The van der Waals surface area contributed by atoms with Crippen LogP contribution in [0.2, 0.25) is 0 Å². The molecular formula is C26H46O2. The van der Waals surface area contributed by atoms with Gasteiger partial charge in [0.15, 0.2) is 6.29 Å². The molecule has 0 aromatic rings. The molecule has 1 saturated heterocycles. The number of hydrogen-bond donors (Lipinski definition) is 0. The molecule has 28 heavy (non-hydrogen) atoms. The fourth-order valence-electron chi connectivity index (χ4n) is 5.83. The van der Waals surface area contributed by atoms with E-state index in [0.29, 0.717) is 5.92 Å². The topological polar surface area (TPSA) is 18.5 Å². The van der Waals surface area contributed by atoms with E-state index in [9.17, 15) is 0 Å². The molecule has 2 nitrogen and oxygen atoms in total. The number of rotatable bonds is 9. The van der Waals surface area contributed by atoms with Gasteiger partial charge in [-0.2, -0.15) is 0 Å². The Morgan fingerprint density at radius 1 is 0.643 bits per heavy atom. The van der Waals surface area contributed by atoms with Crippen molar-refractivity contribution in [2.45, 2.75) is 110 Å². The predicted octanol–water partition coefficient (Wildman–Crippen LogP) is 7.52. The SMILES string of the molecule is CCCCC1CCC(C2CCC(/C=C/C3OCC(CCCC)CO3)CC2)CC1. The zero-order valence-electron chi connectivity index (χ0n) is 18.7. The zero-order chi connectivity index (χ0) is 19.6. The summed E-state index contributed by atoms with van der Waals surface area (Å²) in [6.45, 7) is 6.34. The zero-order valence-corrected chi connectivity index (χ0v) is 18.7. The van der Waals surface area contributed by atoms with Gasteiger partial charge in [-0.1, -0.05) is 64.9 Å². The van der Waals surface area contributed by atoms with Gasteiger partial charge in [0, 0.05) is 5.92 Å². The van der Waals surface area contributed by atoms with Crippen LogP contribution in [0.15, 0.2) is 12.2 Å². The molecule has 162 valence electrons. The third-order valence-corrected chi connectivity index (χ3v) is 7.84. The highest BCUT2D eigenvalue weighted by molar-refractivity contribution is 4.95. The summed E-state index contributed by atoms with van der Waals surface area (Å²) in [5.41, 5.74) is 0. The second-order valence-electron chi connectivity index (χ2n) is 10.0. The highest BCUT2D eigenvalue weighted by atomic mass is 16.7. The summed E-state index contributed by atoms with van der Waals surface area (Å²) < 4.78 is 11.8. The minimum atomic E-state index is -0.0889. The van der Waals surface area contributed by atoms with Crippen LogP contribution in [-0.2, 0) is 9.47 Å². The molecule has 0 spiro atoms. The molecule has 0 atom stereocenters. The van der Waals surface area contributed by atoms with Crippen molar-refractivity contribution in [1.29, 1.82) is 0 Å². The molecule has 0 aromatic carbocycles. The van der Waals surface area contributed by atoms with E-state index in [1.807, 2.05) is 0 Å². The molecule has 2 aliphatic carbocycles. The average molecular weight is 391 g/mol. The summed E-state index contributed by atoms with van der Waals surface area (Å²) in [5.74, 6) is 4.46. The van der Waals surface area contributed by atoms with Crippen molar-refractivity contribution in [3.8, 4) is 0 Å². The third kappa shape index (κ3) is 7.17. The number of hydrogen-bond acceptors (Lipinski definition) is 2. The maximum absolute atomic E-state index is 5.92. The van der Waals surface area contributed by atoms with Crippen molar-refractivity contribution in [2.24, 2.45) is 29.6 Å². The fourth-order valence-corrected chi connectivity index (χ4v) is 5.83. The van der Waals surface area contributed by atoms with Crippen LogP contribution in [0.5, 0.6) is 0 Å². The molecule has 3 fully saturated rings. The van der Waals surface area contributed by atoms with Crippen molar-refractivity contribution in [3.63, 3.8) is 0 Å². The Labute approximate surface area is 174 Å². The molecule has 0 amide bonds. The first-order valence-electron chi connectivity index (χ1n) is 12.7. The first kappa shape index (κ1) is 22.3. The Morgan fingerprint density at radius 3 is 1.75 bits per heavy atom. The monoisotopic (exact) mass is 390 g/mol. The first-order chi connectivity index (χ1) is 13.8. The molecule has 3 rings (SSSR count). The highest BCUT2D eigenvalue weighted by Gasteiger charge is 2.30. The highest BCUT2D eigenvalue weighted by Crippen LogP contribution is 2.42. The van der Waals surface area contributed by atoms with Crippen molar-refractivity contribution in [3.05, 3.63) is 12.2 Å². The minimum absolute atomic E-state index is 0.0889. The molecule has 3 aliphatic rings. The van der Waals surface area contributed by atoms with Gasteiger partial charge in [-0.05, 0) is 74.7 Å². The van der Waals surface area contributed by atoms with Crippen LogP contribution in [0.4, 0.5) is 0 Å². The van der Waals surface area contributed by atoms with Crippen molar-refractivity contribution in [2.75, 3.05) is 13.2 Å². The second kappa shape index (κ2) is 12.4. The minimum Gasteiger partial charge on any atom is -0.349 e. The lowest BCUT2D eigenvalue weighted by molar-refractivity contribution is -0.175. The molecule has 1 heterocycles. The van der Waals surface area contributed by atoms with Crippen LogP contribution in [0.3, 0.4) is 0 Å². The van der Waals surface area contributed by atoms with Gasteiger partial charge in [-0.15, -0.1) is 0 Å². The van der Waals surface area contributed by atoms with E-state index in [4.69, 9.17) is 9.47 Å². The molecular weight excluding hydrogens is 344 g/mol. The standard InChI is InChI=1S/C26H46O2/c1-3-5-7-21-9-14-24(15-10-21)25-16-11-22(12-17-25)13-18-26-27-19-23(20-28-26)8-6-4-2/h13,18,21-26H,3-12,14-17,19-20H2,1-2H3/b18-13+. The second-order valence-corrected chi connectivity index (χ2v) is 10.0. The van der Waals surface area contributed by atoms with Crippen molar-refractivity contribution >= 4 is 0 Å². The average Bonchev–Trinajstić information content (AvgIpc) is 2.76. The van der Waals surface area contributed by atoms with Gasteiger partial charge in [0.1, 0.15) is 0 Å². The maximum atomic E-state index is 5.92. The summed E-state index contributed by atoms with van der Waals surface area (Å²) in [5, 5.41) is 0.